The summed E-state index contributed by atoms with van der Waals surface area (Å²) in [5.41, 5.74) is 8.54. The van der Waals surface area contributed by atoms with Gasteiger partial charge in [0, 0.05) is 12.1 Å². The summed E-state index contributed by atoms with van der Waals surface area (Å²) in [6.07, 6.45) is 0. The van der Waals surface area contributed by atoms with E-state index in [0.717, 1.165) is 27.7 Å². The largest absolute Gasteiger partial charge is 0.325 e. The van der Waals surface area contributed by atoms with Crippen LogP contribution in [-0.4, -0.2) is 9.97 Å². The molecule has 0 saturated carbocycles. The zero-order chi connectivity index (χ0) is 13.1. The van der Waals surface area contributed by atoms with Crippen LogP contribution < -0.4 is 5.73 Å². The molecule has 3 nitrogen and oxygen atoms in total. The Morgan fingerprint density at radius 3 is 2.45 bits per heavy atom. The standard InChI is InChI=1S/C15H13N3S.ClH/c16-10-12-9-13(14-7-4-8-19-14)18-15(17-12)11-5-2-1-3-6-11;/h1-9H,10,16H2;1H. The van der Waals surface area contributed by atoms with Gasteiger partial charge in [0.1, 0.15) is 0 Å². The molecule has 0 atom stereocenters. The molecule has 102 valence electrons. The van der Waals surface area contributed by atoms with Gasteiger partial charge in [0.25, 0.3) is 0 Å². The highest BCUT2D eigenvalue weighted by atomic mass is 35.5. The molecule has 0 fully saturated rings. The second-order valence-electron chi connectivity index (χ2n) is 4.12. The predicted molar refractivity (Wildman–Crippen MR) is 85.9 cm³/mol. The van der Waals surface area contributed by atoms with Crippen molar-refractivity contribution in [3.05, 3.63) is 59.6 Å². The van der Waals surface area contributed by atoms with Gasteiger partial charge in [0.15, 0.2) is 5.82 Å². The van der Waals surface area contributed by atoms with Crippen molar-refractivity contribution in [2.24, 2.45) is 5.73 Å². The molecule has 0 aliphatic rings. The summed E-state index contributed by atoms with van der Waals surface area (Å²) >= 11 is 1.67. The van der Waals surface area contributed by atoms with Crippen molar-refractivity contribution in [2.45, 2.75) is 6.54 Å². The maximum atomic E-state index is 5.73. The Labute approximate surface area is 127 Å². The quantitative estimate of drug-likeness (QED) is 0.801. The van der Waals surface area contributed by atoms with Crippen molar-refractivity contribution in [1.29, 1.82) is 0 Å². The van der Waals surface area contributed by atoms with Crippen LogP contribution in [0.2, 0.25) is 0 Å². The van der Waals surface area contributed by atoms with Gasteiger partial charge in [-0.1, -0.05) is 36.4 Å². The lowest BCUT2D eigenvalue weighted by atomic mass is 10.2. The smallest absolute Gasteiger partial charge is 0.160 e. The third-order valence-electron chi connectivity index (χ3n) is 2.79. The first-order chi connectivity index (χ1) is 9.36. The van der Waals surface area contributed by atoms with Gasteiger partial charge in [-0.3, -0.25) is 0 Å². The number of thiophene rings is 1. The molecule has 0 aliphatic carbocycles. The summed E-state index contributed by atoms with van der Waals surface area (Å²) in [5, 5.41) is 2.04. The Morgan fingerprint density at radius 2 is 1.80 bits per heavy atom. The van der Waals surface area contributed by atoms with Crippen molar-refractivity contribution in [2.75, 3.05) is 0 Å². The molecule has 2 heterocycles. The van der Waals surface area contributed by atoms with Crippen molar-refractivity contribution >= 4 is 23.7 Å². The van der Waals surface area contributed by atoms with Crippen LogP contribution in [0.4, 0.5) is 0 Å². The zero-order valence-corrected chi connectivity index (χ0v) is 12.3. The van der Waals surface area contributed by atoms with Crippen LogP contribution >= 0.6 is 23.7 Å². The van der Waals surface area contributed by atoms with E-state index in [1.165, 1.54) is 0 Å². The molecule has 2 aromatic heterocycles. The summed E-state index contributed by atoms with van der Waals surface area (Å²) in [7, 11) is 0. The molecular weight excluding hydrogens is 290 g/mol. The highest BCUT2D eigenvalue weighted by molar-refractivity contribution is 7.13. The maximum absolute atomic E-state index is 5.73. The van der Waals surface area contributed by atoms with Gasteiger partial charge >= 0.3 is 0 Å². The van der Waals surface area contributed by atoms with Crippen LogP contribution in [0.25, 0.3) is 22.0 Å². The first kappa shape index (κ1) is 14.7. The van der Waals surface area contributed by atoms with Crippen LogP contribution in [0.1, 0.15) is 5.69 Å². The van der Waals surface area contributed by atoms with E-state index in [1.54, 1.807) is 11.3 Å². The third-order valence-corrected chi connectivity index (χ3v) is 3.69. The molecule has 0 spiro atoms. The van der Waals surface area contributed by atoms with Gasteiger partial charge in [-0.05, 0) is 17.5 Å². The van der Waals surface area contributed by atoms with E-state index >= 15 is 0 Å². The lowest BCUT2D eigenvalue weighted by Gasteiger charge is -2.06. The fraction of sp³-hybridized carbons (Fsp3) is 0.0667. The van der Waals surface area contributed by atoms with E-state index in [1.807, 2.05) is 47.8 Å². The lowest BCUT2D eigenvalue weighted by Crippen LogP contribution is -2.03. The minimum absolute atomic E-state index is 0. The van der Waals surface area contributed by atoms with Crippen LogP contribution in [0.3, 0.4) is 0 Å². The third kappa shape index (κ3) is 3.04. The van der Waals surface area contributed by atoms with Crippen LogP contribution in [0, 0.1) is 0 Å². The number of aromatic nitrogens is 2. The van der Waals surface area contributed by atoms with Gasteiger partial charge < -0.3 is 5.73 Å². The van der Waals surface area contributed by atoms with Gasteiger partial charge in [-0.15, -0.1) is 23.7 Å². The van der Waals surface area contributed by atoms with E-state index in [4.69, 9.17) is 5.73 Å². The molecular formula is C15H14ClN3S. The topological polar surface area (TPSA) is 51.8 Å². The molecule has 1 aromatic carbocycles. The Balaban J connectivity index is 0.00000147. The fourth-order valence-electron chi connectivity index (χ4n) is 1.87. The van der Waals surface area contributed by atoms with Gasteiger partial charge in [0.2, 0.25) is 0 Å². The number of rotatable bonds is 3. The summed E-state index contributed by atoms with van der Waals surface area (Å²) in [4.78, 5) is 10.3. The van der Waals surface area contributed by atoms with Crippen molar-refractivity contribution in [3.8, 4) is 22.0 Å². The van der Waals surface area contributed by atoms with Gasteiger partial charge in [-0.2, -0.15) is 0 Å². The minimum Gasteiger partial charge on any atom is -0.325 e. The highest BCUT2D eigenvalue weighted by Crippen LogP contribution is 2.25. The molecule has 3 rings (SSSR count). The molecule has 3 aromatic rings. The van der Waals surface area contributed by atoms with Crippen LogP contribution in [0.5, 0.6) is 0 Å². The molecule has 0 aliphatic heterocycles. The number of hydrogen-bond acceptors (Lipinski definition) is 4. The molecule has 0 saturated heterocycles. The SMILES string of the molecule is Cl.NCc1cc(-c2cccs2)nc(-c2ccccc2)n1. The predicted octanol–water partition coefficient (Wildman–Crippen LogP) is 3.75. The van der Waals surface area contributed by atoms with Crippen molar-refractivity contribution in [3.63, 3.8) is 0 Å². The molecule has 0 unspecified atom stereocenters. The van der Waals surface area contributed by atoms with Crippen LogP contribution in [0.15, 0.2) is 53.9 Å². The average Bonchev–Trinajstić information content (AvgIpc) is 3.02. The Hall–Kier alpha value is -1.75. The molecule has 5 heteroatoms. The summed E-state index contributed by atoms with van der Waals surface area (Å²) in [6.45, 7) is 0.417. The Bertz CT molecular complexity index is 669. The molecule has 20 heavy (non-hydrogen) atoms. The monoisotopic (exact) mass is 303 g/mol. The Kier molecular flexibility index (Phi) is 4.84. The number of halogens is 1. The highest BCUT2D eigenvalue weighted by Gasteiger charge is 2.08. The summed E-state index contributed by atoms with van der Waals surface area (Å²) in [5.74, 6) is 0.729. The molecule has 0 amide bonds. The maximum Gasteiger partial charge on any atom is 0.160 e. The summed E-state index contributed by atoms with van der Waals surface area (Å²) < 4.78 is 0. The van der Waals surface area contributed by atoms with Crippen molar-refractivity contribution < 1.29 is 0 Å². The van der Waals surface area contributed by atoms with E-state index in [-0.39, 0.29) is 12.4 Å². The molecule has 0 bridgehead atoms. The number of nitrogens with zero attached hydrogens (tertiary/aromatic N) is 2. The zero-order valence-electron chi connectivity index (χ0n) is 10.7. The first-order valence-corrected chi connectivity index (χ1v) is 6.92. The second kappa shape index (κ2) is 6.61. The van der Waals surface area contributed by atoms with Crippen LogP contribution in [-0.2, 0) is 6.54 Å². The van der Waals surface area contributed by atoms with E-state index < -0.39 is 0 Å². The van der Waals surface area contributed by atoms with Gasteiger partial charge in [-0.25, -0.2) is 9.97 Å². The normalized spacial score (nSPS) is 10.1. The van der Waals surface area contributed by atoms with E-state index in [0.29, 0.717) is 6.54 Å². The summed E-state index contributed by atoms with van der Waals surface area (Å²) in [6, 6.07) is 16.0. The lowest BCUT2D eigenvalue weighted by molar-refractivity contribution is 0.972. The number of nitrogens with two attached hydrogens (primary N) is 1. The van der Waals surface area contributed by atoms with Crippen molar-refractivity contribution in [1.82, 2.24) is 9.97 Å². The van der Waals surface area contributed by atoms with Gasteiger partial charge in [0.05, 0.1) is 16.3 Å². The Morgan fingerprint density at radius 1 is 1.00 bits per heavy atom. The second-order valence-corrected chi connectivity index (χ2v) is 5.06. The fourth-order valence-corrected chi connectivity index (χ4v) is 2.56. The van der Waals surface area contributed by atoms with E-state index in [9.17, 15) is 0 Å². The average molecular weight is 304 g/mol. The molecule has 0 radical (unpaired) electrons. The number of benzene rings is 1. The first-order valence-electron chi connectivity index (χ1n) is 6.04. The van der Waals surface area contributed by atoms with E-state index in [2.05, 4.69) is 16.0 Å². The minimum atomic E-state index is 0. The number of hydrogen-bond donors (Lipinski definition) is 1. The molecule has 2 N–H and O–H groups in total.